The second kappa shape index (κ2) is 6.39. The van der Waals surface area contributed by atoms with Crippen molar-refractivity contribution in [2.45, 2.75) is 39.3 Å². The molecule has 96 valence electrons. The first-order valence-electron chi connectivity index (χ1n) is 5.93. The molecule has 17 heavy (non-hydrogen) atoms. The average molecular weight is 239 g/mol. The SMILES string of the molecule is CC(C)N(CCCC(=O)O)Cc1ccn(C)n1. The lowest BCUT2D eigenvalue weighted by Crippen LogP contribution is -2.31. The molecule has 0 bridgehead atoms. The van der Waals surface area contributed by atoms with Gasteiger partial charge >= 0.3 is 5.97 Å². The molecule has 5 heteroatoms. The summed E-state index contributed by atoms with van der Waals surface area (Å²) in [4.78, 5) is 12.7. The van der Waals surface area contributed by atoms with Crippen molar-refractivity contribution in [1.82, 2.24) is 14.7 Å². The molecule has 0 fully saturated rings. The Morgan fingerprint density at radius 3 is 2.76 bits per heavy atom. The van der Waals surface area contributed by atoms with Crippen LogP contribution in [0.25, 0.3) is 0 Å². The summed E-state index contributed by atoms with van der Waals surface area (Å²) < 4.78 is 1.78. The quantitative estimate of drug-likeness (QED) is 0.783. The predicted octanol–water partition coefficient (Wildman–Crippen LogP) is 1.50. The molecule has 0 spiro atoms. The fourth-order valence-corrected chi connectivity index (χ4v) is 1.71. The highest BCUT2D eigenvalue weighted by molar-refractivity contribution is 5.66. The van der Waals surface area contributed by atoms with Gasteiger partial charge in [-0.1, -0.05) is 0 Å². The van der Waals surface area contributed by atoms with Crippen molar-refractivity contribution in [3.8, 4) is 0 Å². The smallest absolute Gasteiger partial charge is 0.303 e. The first-order valence-corrected chi connectivity index (χ1v) is 5.93. The Balaban J connectivity index is 2.46. The number of carboxylic acid groups (broad SMARTS) is 1. The number of carbonyl (C=O) groups is 1. The summed E-state index contributed by atoms with van der Waals surface area (Å²) in [6, 6.07) is 2.39. The summed E-state index contributed by atoms with van der Waals surface area (Å²) >= 11 is 0. The van der Waals surface area contributed by atoms with Crippen LogP contribution in [0.15, 0.2) is 12.3 Å². The molecular weight excluding hydrogens is 218 g/mol. The Hall–Kier alpha value is -1.36. The molecule has 0 amide bonds. The van der Waals surface area contributed by atoms with Gasteiger partial charge in [-0.3, -0.25) is 14.4 Å². The fraction of sp³-hybridized carbons (Fsp3) is 0.667. The average Bonchev–Trinajstić information content (AvgIpc) is 2.62. The summed E-state index contributed by atoms with van der Waals surface area (Å²) in [7, 11) is 1.90. The molecule has 0 aliphatic carbocycles. The van der Waals surface area contributed by atoms with Gasteiger partial charge in [-0.25, -0.2) is 0 Å². The van der Waals surface area contributed by atoms with Gasteiger partial charge in [-0.2, -0.15) is 5.10 Å². The molecule has 1 rings (SSSR count). The predicted molar refractivity (Wildman–Crippen MR) is 65.6 cm³/mol. The van der Waals surface area contributed by atoms with E-state index in [0.29, 0.717) is 12.5 Å². The second-order valence-corrected chi connectivity index (χ2v) is 4.54. The summed E-state index contributed by atoms with van der Waals surface area (Å²) in [6.45, 7) is 5.80. The van der Waals surface area contributed by atoms with Gasteiger partial charge in [0.05, 0.1) is 5.69 Å². The van der Waals surface area contributed by atoms with E-state index in [0.717, 1.165) is 18.8 Å². The number of carboxylic acids is 1. The molecule has 1 heterocycles. The third-order valence-corrected chi connectivity index (χ3v) is 2.70. The minimum absolute atomic E-state index is 0.228. The number of aromatic nitrogens is 2. The van der Waals surface area contributed by atoms with Crippen molar-refractivity contribution >= 4 is 5.97 Å². The molecule has 0 saturated carbocycles. The zero-order chi connectivity index (χ0) is 12.8. The van der Waals surface area contributed by atoms with Gasteiger partial charge in [0.25, 0.3) is 0 Å². The van der Waals surface area contributed by atoms with E-state index in [1.165, 1.54) is 0 Å². The first-order chi connectivity index (χ1) is 7.99. The molecule has 0 aromatic carbocycles. The largest absolute Gasteiger partial charge is 0.481 e. The van der Waals surface area contributed by atoms with Crippen LogP contribution >= 0.6 is 0 Å². The topological polar surface area (TPSA) is 58.4 Å². The Kier molecular flexibility index (Phi) is 5.15. The van der Waals surface area contributed by atoms with E-state index in [1.807, 2.05) is 19.3 Å². The van der Waals surface area contributed by atoms with Crippen molar-refractivity contribution in [2.75, 3.05) is 6.54 Å². The van der Waals surface area contributed by atoms with E-state index in [2.05, 4.69) is 23.8 Å². The van der Waals surface area contributed by atoms with Crippen LogP contribution in [0.5, 0.6) is 0 Å². The molecule has 1 N–H and O–H groups in total. The normalized spacial score (nSPS) is 11.4. The van der Waals surface area contributed by atoms with Gasteiger partial charge in [-0.05, 0) is 32.9 Å². The van der Waals surface area contributed by atoms with Gasteiger partial charge < -0.3 is 5.11 Å². The summed E-state index contributed by atoms with van der Waals surface area (Å²) in [5, 5.41) is 13.0. The molecule has 0 atom stereocenters. The monoisotopic (exact) mass is 239 g/mol. The number of rotatable bonds is 7. The number of aryl methyl sites for hydroxylation is 1. The molecule has 0 saturated heterocycles. The highest BCUT2D eigenvalue weighted by Crippen LogP contribution is 2.07. The lowest BCUT2D eigenvalue weighted by Gasteiger charge is -2.25. The molecule has 0 aliphatic rings. The maximum absolute atomic E-state index is 10.5. The van der Waals surface area contributed by atoms with E-state index in [4.69, 9.17) is 5.11 Å². The van der Waals surface area contributed by atoms with E-state index in [-0.39, 0.29) is 6.42 Å². The summed E-state index contributed by atoms with van der Waals surface area (Å²) in [6.07, 6.45) is 2.83. The van der Waals surface area contributed by atoms with Crippen molar-refractivity contribution in [2.24, 2.45) is 7.05 Å². The Morgan fingerprint density at radius 2 is 2.29 bits per heavy atom. The molecule has 5 nitrogen and oxygen atoms in total. The van der Waals surface area contributed by atoms with Crippen molar-refractivity contribution in [3.05, 3.63) is 18.0 Å². The van der Waals surface area contributed by atoms with E-state index in [1.54, 1.807) is 4.68 Å². The van der Waals surface area contributed by atoms with Gasteiger partial charge in [-0.15, -0.1) is 0 Å². The standard InChI is InChI=1S/C12H21N3O2/c1-10(2)15(7-4-5-12(16)17)9-11-6-8-14(3)13-11/h6,8,10H,4-5,7,9H2,1-3H3,(H,16,17). The van der Waals surface area contributed by atoms with Gasteiger partial charge in [0.15, 0.2) is 0 Å². The van der Waals surface area contributed by atoms with Crippen LogP contribution < -0.4 is 0 Å². The van der Waals surface area contributed by atoms with Gasteiger partial charge in [0.1, 0.15) is 0 Å². The van der Waals surface area contributed by atoms with Crippen LogP contribution in [0.3, 0.4) is 0 Å². The Bertz CT molecular complexity index is 360. The van der Waals surface area contributed by atoms with Crippen molar-refractivity contribution < 1.29 is 9.90 Å². The number of aliphatic carboxylic acids is 1. The van der Waals surface area contributed by atoms with Crippen LogP contribution in [-0.4, -0.2) is 38.3 Å². The van der Waals surface area contributed by atoms with E-state index in [9.17, 15) is 4.79 Å². The first kappa shape index (κ1) is 13.7. The lowest BCUT2D eigenvalue weighted by molar-refractivity contribution is -0.137. The number of hydrogen-bond acceptors (Lipinski definition) is 3. The zero-order valence-corrected chi connectivity index (χ0v) is 10.8. The van der Waals surface area contributed by atoms with Crippen LogP contribution in [0.2, 0.25) is 0 Å². The fourth-order valence-electron chi connectivity index (χ4n) is 1.71. The lowest BCUT2D eigenvalue weighted by atomic mass is 10.2. The minimum Gasteiger partial charge on any atom is -0.481 e. The molecule has 0 radical (unpaired) electrons. The van der Waals surface area contributed by atoms with Crippen LogP contribution in [0.1, 0.15) is 32.4 Å². The Morgan fingerprint density at radius 1 is 1.59 bits per heavy atom. The number of nitrogens with zero attached hydrogens (tertiary/aromatic N) is 3. The van der Waals surface area contributed by atoms with Crippen molar-refractivity contribution in [1.29, 1.82) is 0 Å². The molecular formula is C12H21N3O2. The van der Waals surface area contributed by atoms with Crippen LogP contribution in [0.4, 0.5) is 0 Å². The van der Waals surface area contributed by atoms with E-state index < -0.39 is 5.97 Å². The molecule has 0 aliphatic heterocycles. The van der Waals surface area contributed by atoms with Gasteiger partial charge in [0.2, 0.25) is 0 Å². The third-order valence-electron chi connectivity index (χ3n) is 2.70. The second-order valence-electron chi connectivity index (χ2n) is 4.54. The van der Waals surface area contributed by atoms with Crippen LogP contribution in [-0.2, 0) is 18.4 Å². The highest BCUT2D eigenvalue weighted by Gasteiger charge is 2.12. The molecule has 1 aromatic heterocycles. The third kappa shape index (κ3) is 4.99. The number of hydrogen-bond donors (Lipinski definition) is 1. The summed E-state index contributed by atoms with van der Waals surface area (Å²) in [5.41, 5.74) is 1.02. The van der Waals surface area contributed by atoms with Crippen LogP contribution in [0, 0.1) is 0 Å². The summed E-state index contributed by atoms with van der Waals surface area (Å²) in [5.74, 6) is -0.730. The highest BCUT2D eigenvalue weighted by atomic mass is 16.4. The maximum atomic E-state index is 10.5. The Labute approximate surface area is 102 Å². The maximum Gasteiger partial charge on any atom is 0.303 e. The van der Waals surface area contributed by atoms with Crippen molar-refractivity contribution in [3.63, 3.8) is 0 Å². The zero-order valence-electron chi connectivity index (χ0n) is 10.8. The molecule has 0 unspecified atom stereocenters. The minimum atomic E-state index is -0.730. The van der Waals surface area contributed by atoms with Gasteiger partial charge in [0, 0.05) is 32.3 Å². The molecule has 1 aromatic rings. The van der Waals surface area contributed by atoms with E-state index >= 15 is 0 Å².